The van der Waals surface area contributed by atoms with Gasteiger partial charge in [0, 0.05) is 18.2 Å². The third-order valence-corrected chi connectivity index (χ3v) is 7.39. The van der Waals surface area contributed by atoms with Crippen molar-refractivity contribution in [3.8, 4) is 0 Å². The molecule has 0 amide bonds. The maximum absolute atomic E-state index is 7.64. The van der Waals surface area contributed by atoms with Crippen molar-refractivity contribution < 1.29 is 0 Å². The van der Waals surface area contributed by atoms with Gasteiger partial charge in [-0.15, -0.1) is 0 Å². The molecule has 0 spiro atoms. The second-order valence-electron chi connectivity index (χ2n) is 9.99. The molecule has 0 aromatic heterocycles. The van der Waals surface area contributed by atoms with Crippen LogP contribution in [0, 0.1) is 17.2 Å². The second kappa shape index (κ2) is 7.80. The molecule has 3 atom stereocenters. The minimum atomic E-state index is 0.128. The smallest absolute Gasteiger partial charge is 0.122 e. The number of fused-ring (bicyclic) bond motifs is 2. The highest BCUT2D eigenvalue weighted by Crippen LogP contribution is 2.50. The molecule has 3 N–H and O–H groups in total. The number of nitrogen functional groups attached to an aromatic ring is 1. The van der Waals surface area contributed by atoms with Crippen LogP contribution < -0.4 is 5.73 Å². The van der Waals surface area contributed by atoms with Crippen molar-refractivity contribution in [2.45, 2.75) is 45.1 Å². The topological polar surface area (TPSA) is 53.1 Å². The number of nitrogens with one attached hydrogen (secondary N) is 1. The molecule has 3 nitrogen and oxygen atoms in total. The summed E-state index contributed by atoms with van der Waals surface area (Å²) in [7, 11) is 2.28. The fourth-order valence-electron chi connectivity index (χ4n) is 5.66. The number of hydrogen-bond acceptors (Lipinski definition) is 2. The van der Waals surface area contributed by atoms with E-state index in [-0.39, 0.29) is 5.84 Å². The zero-order chi connectivity index (χ0) is 21.7. The molecule has 1 saturated carbocycles. The predicted octanol–water partition coefficient (Wildman–Crippen LogP) is 5.66. The van der Waals surface area contributed by atoms with Gasteiger partial charge in [0.05, 0.1) is 0 Å². The van der Waals surface area contributed by atoms with Gasteiger partial charge in [-0.25, -0.2) is 0 Å². The lowest BCUT2D eigenvalue weighted by atomic mass is 9.85. The second-order valence-corrected chi connectivity index (χ2v) is 9.99. The molecule has 1 heterocycles. The van der Waals surface area contributed by atoms with Crippen LogP contribution in [0.2, 0.25) is 0 Å². The molecule has 3 heteroatoms. The lowest BCUT2D eigenvalue weighted by Gasteiger charge is -2.37. The first-order valence-corrected chi connectivity index (χ1v) is 11.6. The Balaban J connectivity index is 1.33. The Labute approximate surface area is 185 Å². The Bertz CT molecular complexity index is 1150. The highest BCUT2D eigenvalue weighted by atomic mass is 15.1. The first-order valence-electron chi connectivity index (χ1n) is 11.6. The summed E-state index contributed by atoms with van der Waals surface area (Å²) in [6.07, 6.45) is 3.60. The maximum Gasteiger partial charge on any atom is 0.122 e. The van der Waals surface area contributed by atoms with Gasteiger partial charge in [-0.1, -0.05) is 62.4 Å². The summed E-state index contributed by atoms with van der Waals surface area (Å²) < 4.78 is 0. The average molecular weight is 412 g/mol. The highest BCUT2D eigenvalue weighted by Gasteiger charge is 2.39. The molecule has 0 radical (unpaired) electrons. The van der Waals surface area contributed by atoms with Crippen LogP contribution in [0.3, 0.4) is 0 Å². The average Bonchev–Trinajstić information content (AvgIpc) is 3.51. The normalized spacial score (nSPS) is 23.2. The third kappa shape index (κ3) is 3.87. The molecule has 1 fully saturated rings. The van der Waals surface area contributed by atoms with E-state index < -0.39 is 0 Å². The van der Waals surface area contributed by atoms with E-state index in [1.807, 2.05) is 12.1 Å². The highest BCUT2D eigenvalue weighted by molar-refractivity contribution is 5.99. The first-order chi connectivity index (χ1) is 14.9. The molecule has 3 aromatic carbocycles. The number of nitrogens with zero attached hydrogens (tertiary/aromatic N) is 1. The number of likely N-dealkylation sites (N-methyl/N-ethyl adjacent to an activating group) is 1. The SMILES string of the molecule is CC(C)C1c2cc(C3CC3Cc3ccc4cc(C(=N)N)ccc4c3)ccc2CCN1C. The Morgan fingerprint density at radius 2 is 1.84 bits per heavy atom. The summed E-state index contributed by atoms with van der Waals surface area (Å²) in [6, 6.07) is 20.7. The monoisotopic (exact) mass is 411 g/mol. The van der Waals surface area contributed by atoms with Crippen LogP contribution in [0.15, 0.2) is 54.6 Å². The fourth-order valence-corrected chi connectivity index (χ4v) is 5.66. The van der Waals surface area contributed by atoms with E-state index in [0.29, 0.717) is 17.9 Å². The molecular formula is C28H33N3. The number of benzene rings is 3. The van der Waals surface area contributed by atoms with Crippen molar-refractivity contribution in [3.63, 3.8) is 0 Å². The molecule has 31 heavy (non-hydrogen) atoms. The predicted molar refractivity (Wildman–Crippen MR) is 130 cm³/mol. The number of rotatable bonds is 5. The molecule has 160 valence electrons. The van der Waals surface area contributed by atoms with Crippen molar-refractivity contribution in [1.82, 2.24) is 4.90 Å². The van der Waals surface area contributed by atoms with Gasteiger partial charge in [-0.05, 0) is 83.2 Å². The van der Waals surface area contributed by atoms with Crippen molar-refractivity contribution >= 4 is 16.6 Å². The summed E-state index contributed by atoms with van der Waals surface area (Å²) in [5, 5.41) is 10.0. The molecule has 1 aliphatic heterocycles. The van der Waals surface area contributed by atoms with Crippen LogP contribution in [0.5, 0.6) is 0 Å². The molecule has 0 bridgehead atoms. The van der Waals surface area contributed by atoms with Crippen LogP contribution in [-0.2, 0) is 12.8 Å². The first kappa shape index (κ1) is 20.3. The van der Waals surface area contributed by atoms with Gasteiger partial charge in [0.25, 0.3) is 0 Å². The molecule has 0 saturated heterocycles. The Hall–Kier alpha value is -2.65. The largest absolute Gasteiger partial charge is 0.384 e. The van der Waals surface area contributed by atoms with Crippen LogP contribution in [0.25, 0.3) is 10.8 Å². The number of nitrogens with two attached hydrogens (primary N) is 1. The number of amidine groups is 1. The van der Waals surface area contributed by atoms with Crippen molar-refractivity contribution in [1.29, 1.82) is 5.41 Å². The Morgan fingerprint density at radius 3 is 2.61 bits per heavy atom. The minimum Gasteiger partial charge on any atom is -0.384 e. The summed E-state index contributed by atoms with van der Waals surface area (Å²) in [5.41, 5.74) is 12.5. The van der Waals surface area contributed by atoms with Crippen LogP contribution in [-0.4, -0.2) is 24.3 Å². The van der Waals surface area contributed by atoms with Gasteiger partial charge in [0.2, 0.25) is 0 Å². The van der Waals surface area contributed by atoms with Crippen molar-refractivity contribution in [2.24, 2.45) is 17.6 Å². The summed E-state index contributed by atoms with van der Waals surface area (Å²) in [4.78, 5) is 2.54. The van der Waals surface area contributed by atoms with Gasteiger partial charge in [-0.3, -0.25) is 10.3 Å². The Kier molecular flexibility index (Phi) is 5.10. The van der Waals surface area contributed by atoms with Crippen LogP contribution >= 0.6 is 0 Å². The van der Waals surface area contributed by atoms with Crippen LogP contribution in [0.4, 0.5) is 0 Å². The van der Waals surface area contributed by atoms with E-state index in [2.05, 4.69) is 68.3 Å². The van der Waals surface area contributed by atoms with Gasteiger partial charge in [-0.2, -0.15) is 0 Å². The summed E-state index contributed by atoms with van der Waals surface area (Å²) >= 11 is 0. The standard InChI is InChI=1S/C28H33N3/c1-17(2)27-26-15-22(8-6-19(26)10-11-31(27)3)25-16-24(25)13-18-4-5-21-14-23(28(29)30)9-7-20(21)12-18/h4-9,12,14-15,17,24-25,27H,10-11,13,16H2,1-3H3,(H3,29,30). The van der Waals surface area contributed by atoms with E-state index in [4.69, 9.17) is 11.1 Å². The Morgan fingerprint density at radius 1 is 1.06 bits per heavy atom. The number of hydrogen-bond donors (Lipinski definition) is 2. The van der Waals surface area contributed by atoms with Crippen molar-refractivity contribution in [2.75, 3.05) is 13.6 Å². The quantitative estimate of drug-likeness (QED) is 0.421. The van der Waals surface area contributed by atoms with Gasteiger partial charge in [0.1, 0.15) is 5.84 Å². The lowest BCUT2D eigenvalue weighted by molar-refractivity contribution is 0.181. The molecule has 5 rings (SSSR count). The summed E-state index contributed by atoms with van der Waals surface area (Å²) in [6.45, 7) is 5.86. The van der Waals surface area contributed by atoms with E-state index in [0.717, 1.165) is 29.8 Å². The third-order valence-electron chi connectivity index (χ3n) is 7.39. The van der Waals surface area contributed by atoms with E-state index in [1.165, 1.54) is 29.4 Å². The molecule has 3 aromatic rings. The summed E-state index contributed by atoms with van der Waals surface area (Å²) in [5.74, 6) is 2.20. The van der Waals surface area contributed by atoms with Gasteiger partial charge < -0.3 is 5.73 Å². The molecule has 3 unspecified atom stereocenters. The molecule has 1 aliphatic carbocycles. The molecule has 2 aliphatic rings. The van der Waals surface area contributed by atoms with E-state index in [1.54, 1.807) is 11.1 Å². The minimum absolute atomic E-state index is 0.128. The van der Waals surface area contributed by atoms with E-state index >= 15 is 0 Å². The zero-order valence-corrected chi connectivity index (χ0v) is 18.9. The van der Waals surface area contributed by atoms with Gasteiger partial charge >= 0.3 is 0 Å². The maximum atomic E-state index is 7.64. The van der Waals surface area contributed by atoms with E-state index in [9.17, 15) is 0 Å². The lowest BCUT2D eigenvalue weighted by Crippen LogP contribution is -2.35. The van der Waals surface area contributed by atoms with Gasteiger partial charge in [0.15, 0.2) is 0 Å². The zero-order valence-electron chi connectivity index (χ0n) is 18.9. The van der Waals surface area contributed by atoms with Crippen LogP contribution in [0.1, 0.15) is 60.0 Å². The fraction of sp³-hybridized carbons (Fsp3) is 0.393. The molecular weight excluding hydrogens is 378 g/mol. The van der Waals surface area contributed by atoms with Crippen molar-refractivity contribution in [3.05, 3.63) is 82.4 Å².